The van der Waals surface area contributed by atoms with Gasteiger partial charge in [0, 0.05) is 12.0 Å². The SMILES string of the molecule is CC[C@H](N)CC(CC(F)(F)F)C(N)=O. The van der Waals surface area contributed by atoms with Crippen molar-refractivity contribution in [2.24, 2.45) is 17.4 Å². The number of amides is 1. The topological polar surface area (TPSA) is 69.1 Å². The molecular weight excluding hydrogens is 197 g/mol. The van der Waals surface area contributed by atoms with Gasteiger partial charge in [0.15, 0.2) is 0 Å². The Bertz CT molecular complexity index is 194. The Morgan fingerprint density at radius 3 is 2.21 bits per heavy atom. The Morgan fingerprint density at radius 2 is 1.93 bits per heavy atom. The zero-order valence-corrected chi connectivity index (χ0v) is 7.97. The number of primary amides is 1. The molecule has 3 nitrogen and oxygen atoms in total. The Labute approximate surface area is 80.6 Å². The highest BCUT2D eigenvalue weighted by atomic mass is 19.4. The minimum atomic E-state index is -4.37. The van der Waals surface area contributed by atoms with Crippen LogP contribution < -0.4 is 11.5 Å². The summed E-state index contributed by atoms with van der Waals surface area (Å²) in [6, 6.07) is -0.408. The monoisotopic (exact) mass is 212 g/mol. The van der Waals surface area contributed by atoms with Crippen LogP contribution in [-0.4, -0.2) is 18.1 Å². The van der Waals surface area contributed by atoms with Crippen molar-refractivity contribution in [3.05, 3.63) is 0 Å². The van der Waals surface area contributed by atoms with Crippen LogP contribution in [0.2, 0.25) is 0 Å². The number of alkyl halides is 3. The van der Waals surface area contributed by atoms with Gasteiger partial charge in [0.2, 0.25) is 5.91 Å². The first-order valence-corrected chi connectivity index (χ1v) is 4.38. The zero-order valence-electron chi connectivity index (χ0n) is 7.97. The molecule has 84 valence electrons. The van der Waals surface area contributed by atoms with Crippen LogP contribution in [0.15, 0.2) is 0 Å². The molecule has 0 bridgehead atoms. The maximum atomic E-state index is 12.0. The summed E-state index contributed by atoms with van der Waals surface area (Å²) < 4.78 is 35.9. The van der Waals surface area contributed by atoms with Crippen molar-refractivity contribution >= 4 is 5.91 Å². The highest BCUT2D eigenvalue weighted by Gasteiger charge is 2.34. The molecule has 0 saturated heterocycles. The fourth-order valence-electron chi connectivity index (χ4n) is 1.11. The van der Waals surface area contributed by atoms with Gasteiger partial charge in [0.25, 0.3) is 0 Å². The second kappa shape index (κ2) is 5.19. The smallest absolute Gasteiger partial charge is 0.369 e. The van der Waals surface area contributed by atoms with Crippen LogP contribution >= 0.6 is 0 Å². The molecule has 14 heavy (non-hydrogen) atoms. The van der Waals surface area contributed by atoms with Crippen molar-refractivity contribution < 1.29 is 18.0 Å². The number of rotatable bonds is 5. The van der Waals surface area contributed by atoms with E-state index in [1.165, 1.54) is 0 Å². The summed E-state index contributed by atoms with van der Waals surface area (Å²) >= 11 is 0. The first kappa shape index (κ1) is 13.2. The fourth-order valence-corrected chi connectivity index (χ4v) is 1.11. The summed E-state index contributed by atoms with van der Waals surface area (Å²) in [5.41, 5.74) is 10.3. The van der Waals surface area contributed by atoms with Crippen molar-refractivity contribution in [3.63, 3.8) is 0 Å². The number of nitrogens with two attached hydrogens (primary N) is 2. The van der Waals surface area contributed by atoms with Crippen molar-refractivity contribution in [2.75, 3.05) is 0 Å². The van der Waals surface area contributed by atoms with Gasteiger partial charge in [-0.25, -0.2) is 0 Å². The Morgan fingerprint density at radius 1 is 1.43 bits per heavy atom. The van der Waals surface area contributed by atoms with Crippen molar-refractivity contribution in [1.29, 1.82) is 0 Å². The average Bonchev–Trinajstić information content (AvgIpc) is 2.00. The van der Waals surface area contributed by atoms with E-state index in [1.807, 2.05) is 0 Å². The van der Waals surface area contributed by atoms with Gasteiger partial charge in [0.1, 0.15) is 0 Å². The molecule has 0 aliphatic carbocycles. The predicted octanol–water partition coefficient (Wildman–Crippen LogP) is 1.17. The molecule has 0 aromatic heterocycles. The van der Waals surface area contributed by atoms with E-state index >= 15 is 0 Å². The average molecular weight is 212 g/mol. The van der Waals surface area contributed by atoms with Gasteiger partial charge in [-0.15, -0.1) is 0 Å². The van der Waals surface area contributed by atoms with Gasteiger partial charge in [-0.05, 0) is 12.8 Å². The first-order chi connectivity index (χ1) is 6.26. The molecule has 1 unspecified atom stereocenters. The highest BCUT2D eigenvalue weighted by molar-refractivity contribution is 5.76. The lowest BCUT2D eigenvalue weighted by atomic mass is 9.95. The summed E-state index contributed by atoms with van der Waals surface area (Å²) in [6.45, 7) is 1.75. The summed E-state index contributed by atoms with van der Waals surface area (Å²) in [4.78, 5) is 10.7. The molecule has 0 spiro atoms. The molecule has 4 N–H and O–H groups in total. The predicted molar refractivity (Wildman–Crippen MR) is 46.2 cm³/mol. The molecule has 0 rings (SSSR count). The number of carbonyl (C=O) groups is 1. The van der Waals surface area contributed by atoms with Gasteiger partial charge in [-0.1, -0.05) is 6.92 Å². The Hall–Kier alpha value is -0.780. The van der Waals surface area contributed by atoms with Crippen LogP contribution in [0, 0.1) is 5.92 Å². The van der Waals surface area contributed by atoms with Gasteiger partial charge in [-0.3, -0.25) is 4.79 Å². The standard InChI is InChI=1S/C8H15F3N2O/c1-2-6(12)3-5(7(13)14)4-8(9,10)11/h5-6H,2-4,12H2,1H3,(H2,13,14)/t5?,6-/m0/s1. The third-order valence-electron chi connectivity index (χ3n) is 1.99. The van der Waals surface area contributed by atoms with E-state index in [4.69, 9.17) is 11.5 Å². The largest absolute Gasteiger partial charge is 0.389 e. The molecule has 1 amide bonds. The highest BCUT2D eigenvalue weighted by Crippen LogP contribution is 2.27. The van der Waals surface area contributed by atoms with Gasteiger partial charge < -0.3 is 11.5 Å². The molecule has 0 aliphatic heterocycles. The molecule has 0 aliphatic rings. The molecule has 2 atom stereocenters. The van der Waals surface area contributed by atoms with E-state index in [0.717, 1.165) is 0 Å². The van der Waals surface area contributed by atoms with Gasteiger partial charge in [0.05, 0.1) is 6.42 Å². The number of hydrogen-bond donors (Lipinski definition) is 2. The molecule has 0 saturated carbocycles. The summed E-state index contributed by atoms with van der Waals surface area (Å²) in [7, 11) is 0. The summed E-state index contributed by atoms with van der Waals surface area (Å²) in [6.07, 6.45) is -5.03. The Kier molecular flexibility index (Phi) is 4.90. The van der Waals surface area contributed by atoms with Gasteiger partial charge in [-0.2, -0.15) is 13.2 Å². The van der Waals surface area contributed by atoms with Crippen LogP contribution in [-0.2, 0) is 4.79 Å². The lowest BCUT2D eigenvalue weighted by Gasteiger charge is -2.18. The van der Waals surface area contributed by atoms with Crippen molar-refractivity contribution in [1.82, 2.24) is 0 Å². The molecule has 0 radical (unpaired) electrons. The van der Waals surface area contributed by atoms with E-state index in [9.17, 15) is 18.0 Å². The molecule has 0 aromatic rings. The Balaban J connectivity index is 4.24. The maximum absolute atomic E-state index is 12.0. The molecule has 0 aromatic carbocycles. The van der Waals surface area contributed by atoms with E-state index in [2.05, 4.69) is 0 Å². The third-order valence-corrected chi connectivity index (χ3v) is 1.99. The first-order valence-electron chi connectivity index (χ1n) is 4.38. The lowest BCUT2D eigenvalue weighted by Crippen LogP contribution is -2.33. The van der Waals surface area contributed by atoms with Crippen LogP contribution in [0.5, 0.6) is 0 Å². The maximum Gasteiger partial charge on any atom is 0.389 e. The molecule has 6 heteroatoms. The quantitative estimate of drug-likeness (QED) is 0.718. The van der Waals surface area contributed by atoms with Crippen LogP contribution in [0.25, 0.3) is 0 Å². The van der Waals surface area contributed by atoms with E-state index < -0.39 is 30.5 Å². The second-order valence-electron chi connectivity index (χ2n) is 3.32. The molecule has 0 fully saturated rings. The van der Waals surface area contributed by atoms with Crippen LogP contribution in [0.1, 0.15) is 26.2 Å². The molecule has 0 heterocycles. The van der Waals surface area contributed by atoms with E-state index in [0.29, 0.717) is 6.42 Å². The normalized spacial score (nSPS) is 16.4. The second-order valence-corrected chi connectivity index (χ2v) is 3.32. The third kappa shape index (κ3) is 5.80. The summed E-state index contributed by atoms with van der Waals surface area (Å²) in [5, 5.41) is 0. The van der Waals surface area contributed by atoms with Crippen molar-refractivity contribution in [3.8, 4) is 0 Å². The van der Waals surface area contributed by atoms with Crippen molar-refractivity contribution in [2.45, 2.75) is 38.4 Å². The number of halogens is 3. The fraction of sp³-hybridized carbons (Fsp3) is 0.875. The minimum absolute atomic E-state index is 0.00859. The van der Waals surface area contributed by atoms with Crippen LogP contribution in [0.4, 0.5) is 13.2 Å². The number of carbonyl (C=O) groups excluding carboxylic acids is 1. The zero-order chi connectivity index (χ0) is 11.4. The lowest BCUT2D eigenvalue weighted by molar-refractivity contribution is -0.153. The van der Waals surface area contributed by atoms with E-state index in [-0.39, 0.29) is 6.42 Å². The number of hydrogen-bond acceptors (Lipinski definition) is 2. The summed E-state index contributed by atoms with van der Waals surface area (Å²) in [5.74, 6) is -2.14. The van der Waals surface area contributed by atoms with Gasteiger partial charge >= 0.3 is 6.18 Å². The van der Waals surface area contributed by atoms with E-state index in [1.54, 1.807) is 6.92 Å². The molecular formula is C8H15F3N2O. The minimum Gasteiger partial charge on any atom is -0.369 e. The van der Waals surface area contributed by atoms with Crippen LogP contribution in [0.3, 0.4) is 0 Å².